The van der Waals surface area contributed by atoms with Crippen LogP contribution in [0.1, 0.15) is 21.9 Å². The Morgan fingerprint density at radius 1 is 1.26 bits per heavy atom. The maximum absolute atomic E-state index is 11.3. The van der Waals surface area contributed by atoms with Crippen LogP contribution in [0.4, 0.5) is 0 Å². The van der Waals surface area contributed by atoms with Gasteiger partial charge in [0.25, 0.3) is 0 Å². The minimum absolute atomic E-state index is 0.119. The number of para-hydroxylation sites is 1. The first kappa shape index (κ1) is 16.1. The predicted molar refractivity (Wildman–Crippen MR) is 84.2 cm³/mol. The Hall–Kier alpha value is -3.29. The number of furan rings is 1. The summed E-state index contributed by atoms with van der Waals surface area (Å²) in [6.07, 6.45) is 1.47. The van der Waals surface area contributed by atoms with Gasteiger partial charge in [0, 0.05) is 5.56 Å². The molecule has 0 saturated heterocycles. The van der Waals surface area contributed by atoms with Crippen molar-refractivity contribution < 1.29 is 18.7 Å². The molecule has 0 atom stereocenters. The summed E-state index contributed by atoms with van der Waals surface area (Å²) in [6, 6.07) is 10.4. The molecular formula is C15H16N4O4. The lowest BCUT2D eigenvalue weighted by Gasteiger charge is -2.06. The van der Waals surface area contributed by atoms with E-state index >= 15 is 0 Å². The molecule has 0 aliphatic heterocycles. The van der Waals surface area contributed by atoms with Crippen molar-refractivity contribution in [3.63, 3.8) is 0 Å². The maximum Gasteiger partial charge on any atom is 0.373 e. The van der Waals surface area contributed by atoms with E-state index in [4.69, 9.17) is 20.6 Å². The lowest BCUT2D eigenvalue weighted by atomic mass is 10.2. The normalized spacial score (nSPS) is 10.5. The van der Waals surface area contributed by atoms with Gasteiger partial charge >= 0.3 is 5.97 Å². The Morgan fingerprint density at radius 3 is 2.78 bits per heavy atom. The predicted octanol–water partition coefficient (Wildman–Crippen LogP) is 1.25. The molecule has 4 N–H and O–H groups in total. The number of methoxy groups -OCH3 is 1. The van der Waals surface area contributed by atoms with E-state index in [0.29, 0.717) is 17.1 Å². The average molecular weight is 316 g/mol. The third-order valence-corrected chi connectivity index (χ3v) is 2.71. The molecule has 0 aliphatic rings. The Labute approximate surface area is 132 Å². The van der Waals surface area contributed by atoms with Crippen molar-refractivity contribution >= 4 is 18.1 Å². The molecule has 0 aliphatic carbocycles. The van der Waals surface area contributed by atoms with E-state index in [-0.39, 0.29) is 18.3 Å². The second kappa shape index (κ2) is 7.64. The Kier molecular flexibility index (Phi) is 5.35. The second-order valence-electron chi connectivity index (χ2n) is 4.35. The molecule has 0 saturated carbocycles. The monoisotopic (exact) mass is 316 g/mol. The third-order valence-electron chi connectivity index (χ3n) is 2.71. The summed E-state index contributed by atoms with van der Waals surface area (Å²) < 4.78 is 15.6. The summed E-state index contributed by atoms with van der Waals surface area (Å²) >= 11 is 0. The van der Waals surface area contributed by atoms with Gasteiger partial charge in [-0.1, -0.05) is 12.1 Å². The Bertz CT molecular complexity index is 733. The standard InChI is InChI=1S/C15H16N4O4/c1-21-14(20)13-7-6-11(23-13)9-22-12-5-3-2-4-10(12)8-18-19-15(16)17/h2-8H,9H2,1H3,(H4,16,17,19). The number of ether oxygens (including phenoxy) is 2. The topological polar surface area (TPSA) is 125 Å². The van der Waals surface area contributed by atoms with Crippen LogP contribution in [0, 0.1) is 0 Å². The van der Waals surface area contributed by atoms with E-state index in [0.717, 1.165) is 0 Å². The molecule has 1 heterocycles. The van der Waals surface area contributed by atoms with Gasteiger partial charge in [-0.3, -0.25) is 0 Å². The summed E-state index contributed by atoms with van der Waals surface area (Å²) in [5.41, 5.74) is 11.1. The number of benzene rings is 1. The smallest absolute Gasteiger partial charge is 0.373 e. The molecule has 0 fully saturated rings. The molecular weight excluding hydrogens is 300 g/mol. The molecule has 0 bridgehead atoms. The van der Waals surface area contributed by atoms with Crippen molar-refractivity contribution in [3.8, 4) is 5.75 Å². The first-order chi connectivity index (χ1) is 11.1. The largest absolute Gasteiger partial charge is 0.485 e. The number of hydrogen-bond donors (Lipinski definition) is 2. The zero-order valence-corrected chi connectivity index (χ0v) is 12.4. The van der Waals surface area contributed by atoms with Crippen molar-refractivity contribution in [2.24, 2.45) is 21.7 Å². The third kappa shape index (κ3) is 4.60. The van der Waals surface area contributed by atoms with Crippen molar-refractivity contribution in [2.45, 2.75) is 6.61 Å². The van der Waals surface area contributed by atoms with Gasteiger partial charge in [-0.25, -0.2) is 4.79 Å². The maximum atomic E-state index is 11.3. The van der Waals surface area contributed by atoms with Gasteiger partial charge in [0.05, 0.1) is 13.3 Å². The molecule has 0 spiro atoms. The summed E-state index contributed by atoms with van der Waals surface area (Å²) in [5.74, 6) is 0.500. The number of rotatable bonds is 6. The molecule has 0 unspecified atom stereocenters. The van der Waals surface area contributed by atoms with Crippen LogP contribution in [0.15, 0.2) is 51.0 Å². The summed E-state index contributed by atoms with van der Waals surface area (Å²) in [5, 5.41) is 7.27. The average Bonchev–Trinajstić information content (AvgIpc) is 3.02. The Balaban J connectivity index is 2.06. The van der Waals surface area contributed by atoms with Crippen molar-refractivity contribution in [1.82, 2.24) is 0 Å². The second-order valence-corrected chi connectivity index (χ2v) is 4.35. The van der Waals surface area contributed by atoms with Crippen LogP contribution in [-0.2, 0) is 11.3 Å². The summed E-state index contributed by atoms with van der Waals surface area (Å²) in [7, 11) is 1.28. The number of esters is 1. The van der Waals surface area contributed by atoms with Gasteiger partial charge in [0.1, 0.15) is 18.1 Å². The van der Waals surface area contributed by atoms with E-state index in [2.05, 4.69) is 14.9 Å². The Morgan fingerprint density at radius 2 is 2.04 bits per heavy atom. The molecule has 0 amide bonds. The summed E-state index contributed by atoms with van der Waals surface area (Å²) in [6.45, 7) is 0.143. The first-order valence-corrected chi connectivity index (χ1v) is 6.61. The molecule has 1 aromatic heterocycles. The van der Waals surface area contributed by atoms with E-state index < -0.39 is 5.97 Å². The van der Waals surface area contributed by atoms with Crippen molar-refractivity contribution in [3.05, 3.63) is 53.5 Å². The summed E-state index contributed by atoms with van der Waals surface area (Å²) in [4.78, 5) is 11.3. The van der Waals surface area contributed by atoms with Gasteiger partial charge in [-0.15, -0.1) is 5.10 Å². The highest BCUT2D eigenvalue weighted by atomic mass is 16.5. The van der Waals surface area contributed by atoms with Crippen LogP contribution < -0.4 is 16.2 Å². The van der Waals surface area contributed by atoms with Gasteiger partial charge in [0.2, 0.25) is 11.7 Å². The highest BCUT2D eigenvalue weighted by Gasteiger charge is 2.11. The fourth-order valence-corrected chi connectivity index (χ4v) is 1.69. The van der Waals surface area contributed by atoms with E-state index in [1.54, 1.807) is 18.2 Å². The van der Waals surface area contributed by atoms with E-state index in [1.807, 2.05) is 12.1 Å². The first-order valence-electron chi connectivity index (χ1n) is 6.61. The minimum Gasteiger partial charge on any atom is -0.485 e. The molecule has 8 heteroatoms. The van der Waals surface area contributed by atoms with Crippen LogP contribution in [-0.4, -0.2) is 25.3 Å². The number of nitrogens with two attached hydrogens (primary N) is 2. The van der Waals surface area contributed by atoms with Gasteiger partial charge in [0.15, 0.2) is 0 Å². The fourth-order valence-electron chi connectivity index (χ4n) is 1.69. The van der Waals surface area contributed by atoms with Gasteiger partial charge < -0.3 is 25.4 Å². The highest BCUT2D eigenvalue weighted by molar-refractivity contribution is 5.86. The number of carbonyl (C=O) groups is 1. The zero-order chi connectivity index (χ0) is 16.7. The molecule has 8 nitrogen and oxygen atoms in total. The highest BCUT2D eigenvalue weighted by Crippen LogP contribution is 2.18. The molecule has 2 aromatic rings. The zero-order valence-electron chi connectivity index (χ0n) is 12.4. The van der Waals surface area contributed by atoms with Crippen LogP contribution >= 0.6 is 0 Å². The SMILES string of the molecule is COC(=O)c1ccc(COc2ccccc2C=NN=C(N)N)o1. The fraction of sp³-hybridized carbons (Fsp3) is 0.133. The van der Waals surface area contributed by atoms with Crippen LogP contribution in [0.2, 0.25) is 0 Å². The number of nitrogens with zero attached hydrogens (tertiary/aromatic N) is 2. The van der Waals surface area contributed by atoms with Crippen molar-refractivity contribution in [2.75, 3.05) is 7.11 Å². The minimum atomic E-state index is -0.541. The van der Waals surface area contributed by atoms with Crippen molar-refractivity contribution in [1.29, 1.82) is 0 Å². The number of hydrogen-bond acceptors (Lipinski definition) is 6. The van der Waals surface area contributed by atoms with E-state index in [1.165, 1.54) is 19.4 Å². The molecule has 0 radical (unpaired) electrons. The van der Waals surface area contributed by atoms with Crippen LogP contribution in [0.25, 0.3) is 0 Å². The van der Waals surface area contributed by atoms with Gasteiger partial charge in [-0.2, -0.15) is 5.10 Å². The molecule has 120 valence electrons. The lowest BCUT2D eigenvalue weighted by molar-refractivity contribution is 0.0561. The van der Waals surface area contributed by atoms with E-state index in [9.17, 15) is 4.79 Å². The van der Waals surface area contributed by atoms with Gasteiger partial charge in [-0.05, 0) is 24.3 Å². The molecule has 23 heavy (non-hydrogen) atoms. The number of carbonyl (C=O) groups excluding carboxylic acids is 1. The lowest BCUT2D eigenvalue weighted by Crippen LogP contribution is -2.21. The molecule has 2 rings (SSSR count). The van der Waals surface area contributed by atoms with Crippen LogP contribution in [0.3, 0.4) is 0 Å². The molecule has 1 aromatic carbocycles. The number of guanidine groups is 1. The quantitative estimate of drug-likeness (QED) is 0.357. The van der Waals surface area contributed by atoms with Crippen LogP contribution in [0.5, 0.6) is 5.75 Å².